The molecule has 3 rings (SSSR count). The largest absolute Gasteiger partial charge is 0.323 e. The van der Waals surface area contributed by atoms with Gasteiger partial charge >= 0.3 is 6.03 Å². The standard InChI is InChI=1S/C20H18ClN3O3S/c1-14-2-12-19(13-3-14)28(26,27)24-18-10-8-17(9-11-18)23-20(25)22-16-6-4-15(21)5-7-16/h2-13,24H,1H3,(H2,22,23,25). The van der Waals surface area contributed by atoms with Gasteiger partial charge in [0, 0.05) is 22.1 Å². The lowest BCUT2D eigenvalue weighted by molar-refractivity contribution is 0.262. The third-order valence-electron chi connectivity index (χ3n) is 3.83. The van der Waals surface area contributed by atoms with Crippen molar-refractivity contribution in [2.24, 2.45) is 0 Å². The fourth-order valence-corrected chi connectivity index (χ4v) is 3.56. The van der Waals surface area contributed by atoms with Crippen LogP contribution in [-0.4, -0.2) is 14.4 Å². The minimum absolute atomic E-state index is 0.183. The number of carbonyl (C=O) groups excluding carboxylic acids is 1. The van der Waals surface area contributed by atoms with Crippen molar-refractivity contribution in [1.29, 1.82) is 0 Å². The first-order valence-corrected chi connectivity index (χ1v) is 10.2. The van der Waals surface area contributed by atoms with E-state index in [1.807, 2.05) is 6.92 Å². The molecule has 3 aromatic rings. The van der Waals surface area contributed by atoms with Crippen LogP contribution in [0.3, 0.4) is 0 Å². The van der Waals surface area contributed by atoms with Gasteiger partial charge in [0.15, 0.2) is 0 Å². The van der Waals surface area contributed by atoms with Crippen LogP contribution in [0.25, 0.3) is 0 Å². The lowest BCUT2D eigenvalue weighted by atomic mass is 10.2. The summed E-state index contributed by atoms with van der Waals surface area (Å²) in [5, 5.41) is 5.93. The normalized spacial score (nSPS) is 10.9. The molecule has 144 valence electrons. The summed E-state index contributed by atoms with van der Waals surface area (Å²) in [6.45, 7) is 1.89. The molecule has 0 unspecified atom stereocenters. The number of benzene rings is 3. The summed E-state index contributed by atoms with van der Waals surface area (Å²) in [6, 6.07) is 19.2. The van der Waals surface area contributed by atoms with E-state index < -0.39 is 16.1 Å². The SMILES string of the molecule is Cc1ccc(S(=O)(=O)Nc2ccc(NC(=O)Nc3ccc(Cl)cc3)cc2)cc1. The van der Waals surface area contributed by atoms with Gasteiger partial charge in [0.25, 0.3) is 10.0 Å². The number of urea groups is 1. The molecule has 0 aliphatic rings. The third-order valence-corrected chi connectivity index (χ3v) is 5.48. The Kier molecular flexibility index (Phi) is 5.87. The van der Waals surface area contributed by atoms with E-state index in [1.165, 1.54) is 0 Å². The molecule has 3 N–H and O–H groups in total. The van der Waals surface area contributed by atoms with E-state index in [9.17, 15) is 13.2 Å². The first-order valence-electron chi connectivity index (χ1n) is 8.35. The van der Waals surface area contributed by atoms with Crippen LogP contribution in [0.4, 0.5) is 21.9 Å². The van der Waals surface area contributed by atoms with Crippen LogP contribution in [0.2, 0.25) is 5.02 Å². The Morgan fingerprint density at radius 1 is 0.750 bits per heavy atom. The van der Waals surface area contributed by atoms with E-state index in [0.717, 1.165) is 5.56 Å². The van der Waals surface area contributed by atoms with E-state index in [4.69, 9.17) is 11.6 Å². The number of hydrogen-bond acceptors (Lipinski definition) is 3. The van der Waals surface area contributed by atoms with Gasteiger partial charge in [-0.3, -0.25) is 4.72 Å². The molecule has 28 heavy (non-hydrogen) atoms. The topological polar surface area (TPSA) is 87.3 Å². The Morgan fingerprint density at radius 2 is 1.21 bits per heavy atom. The highest BCUT2D eigenvalue weighted by Crippen LogP contribution is 2.19. The number of sulfonamides is 1. The fourth-order valence-electron chi connectivity index (χ4n) is 2.38. The Hall–Kier alpha value is -3.03. The first kappa shape index (κ1) is 19.7. The second-order valence-corrected chi connectivity index (χ2v) is 8.20. The summed E-state index contributed by atoms with van der Waals surface area (Å²) >= 11 is 5.81. The highest BCUT2D eigenvalue weighted by molar-refractivity contribution is 7.92. The number of anilines is 3. The zero-order valence-electron chi connectivity index (χ0n) is 14.9. The molecule has 3 aromatic carbocycles. The molecule has 0 aromatic heterocycles. The molecule has 0 saturated heterocycles. The highest BCUT2D eigenvalue weighted by atomic mass is 35.5. The van der Waals surface area contributed by atoms with Crippen LogP contribution >= 0.6 is 11.6 Å². The van der Waals surface area contributed by atoms with Crippen molar-refractivity contribution >= 4 is 44.7 Å². The smallest absolute Gasteiger partial charge is 0.308 e. The lowest BCUT2D eigenvalue weighted by Crippen LogP contribution is -2.19. The van der Waals surface area contributed by atoms with Crippen LogP contribution in [0, 0.1) is 6.92 Å². The van der Waals surface area contributed by atoms with Crippen LogP contribution in [-0.2, 0) is 10.0 Å². The second kappa shape index (κ2) is 8.33. The molecule has 6 nitrogen and oxygen atoms in total. The lowest BCUT2D eigenvalue weighted by Gasteiger charge is -2.10. The molecular weight excluding hydrogens is 398 g/mol. The average Bonchev–Trinajstić information content (AvgIpc) is 2.65. The summed E-state index contributed by atoms with van der Waals surface area (Å²) in [4.78, 5) is 12.2. The summed E-state index contributed by atoms with van der Waals surface area (Å²) < 4.78 is 27.3. The van der Waals surface area contributed by atoms with Gasteiger partial charge in [0.05, 0.1) is 4.90 Å². The maximum Gasteiger partial charge on any atom is 0.323 e. The molecule has 0 spiro atoms. The van der Waals surface area contributed by atoms with Crippen LogP contribution in [0.15, 0.2) is 77.7 Å². The minimum atomic E-state index is -3.67. The van der Waals surface area contributed by atoms with Gasteiger partial charge in [-0.05, 0) is 67.6 Å². The monoisotopic (exact) mass is 415 g/mol. The Balaban J connectivity index is 1.62. The Labute approximate surface area is 168 Å². The highest BCUT2D eigenvalue weighted by Gasteiger charge is 2.13. The van der Waals surface area contributed by atoms with Crippen molar-refractivity contribution < 1.29 is 13.2 Å². The predicted octanol–water partition coefficient (Wildman–Crippen LogP) is 5.09. The maximum absolute atomic E-state index is 12.4. The van der Waals surface area contributed by atoms with Crippen molar-refractivity contribution in [2.45, 2.75) is 11.8 Å². The molecule has 0 bridgehead atoms. The number of carbonyl (C=O) groups is 1. The molecule has 0 radical (unpaired) electrons. The van der Waals surface area contributed by atoms with Gasteiger partial charge in [-0.2, -0.15) is 0 Å². The van der Waals surface area contributed by atoms with Gasteiger partial charge in [-0.25, -0.2) is 13.2 Å². The van der Waals surface area contributed by atoms with Crippen molar-refractivity contribution in [3.05, 3.63) is 83.4 Å². The number of hydrogen-bond donors (Lipinski definition) is 3. The molecule has 8 heteroatoms. The molecule has 0 aliphatic heterocycles. The van der Waals surface area contributed by atoms with Crippen molar-refractivity contribution in [1.82, 2.24) is 0 Å². The van der Waals surface area contributed by atoms with Gasteiger partial charge in [0.2, 0.25) is 0 Å². The minimum Gasteiger partial charge on any atom is -0.308 e. The molecule has 2 amide bonds. The van der Waals surface area contributed by atoms with E-state index in [2.05, 4.69) is 15.4 Å². The summed E-state index contributed by atoms with van der Waals surface area (Å²) in [6.07, 6.45) is 0. The summed E-state index contributed by atoms with van der Waals surface area (Å²) in [5.74, 6) is 0. The zero-order chi connectivity index (χ0) is 20.1. The molecule has 0 saturated carbocycles. The van der Waals surface area contributed by atoms with E-state index in [1.54, 1.807) is 72.8 Å². The number of amides is 2. The summed E-state index contributed by atoms with van der Waals surface area (Å²) in [5.41, 5.74) is 2.49. The van der Waals surface area contributed by atoms with E-state index in [0.29, 0.717) is 22.1 Å². The molecule has 0 atom stereocenters. The zero-order valence-corrected chi connectivity index (χ0v) is 16.5. The van der Waals surface area contributed by atoms with Gasteiger partial charge in [-0.15, -0.1) is 0 Å². The molecule has 0 aliphatic carbocycles. The third kappa shape index (κ3) is 5.25. The molecule has 0 heterocycles. The van der Waals surface area contributed by atoms with Crippen LogP contribution in [0.1, 0.15) is 5.56 Å². The molecule has 0 fully saturated rings. The Bertz CT molecular complexity index is 1070. The number of aryl methyl sites for hydroxylation is 1. The summed E-state index contributed by atoms with van der Waals surface area (Å²) in [7, 11) is -3.67. The maximum atomic E-state index is 12.4. The number of nitrogens with one attached hydrogen (secondary N) is 3. The van der Waals surface area contributed by atoms with Crippen LogP contribution in [0.5, 0.6) is 0 Å². The van der Waals surface area contributed by atoms with Crippen molar-refractivity contribution in [2.75, 3.05) is 15.4 Å². The van der Waals surface area contributed by atoms with E-state index >= 15 is 0 Å². The Morgan fingerprint density at radius 3 is 1.75 bits per heavy atom. The number of halogens is 1. The average molecular weight is 416 g/mol. The van der Waals surface area contributed by atoms with Crippen LogP contribution < -0.4 is 15.4 Å². The van der Waals surface area contributed by atoms with E-state index in [-0.39, 0.29) is 4.90 Å². The fraction of sp³-hybridized carbons (Fsp3) is 0.0500. The van der Waals surface area contributed by atoms with Gasteiger partial charge in [-0.1, -0.05) is 29.3 Å². The van der Waals surface area contributed by atoms with Gasteiger partial charge < -0.3 is 10.6 Å². The second-order valence-electron chi connectivity index (χ2n) is 6.08. The van der Waals surface area contributed by atoms with Gasteiger partial charge in [0.1, 0.15) is 0 Å². The quantitative estimate of drug-likeness (QED) is 0.542. The van der Waals surface area contributed by atoms with Crippen molar-refractivity contribution in [3.8, 4) is 0 Å². The number of rotatable bonds is 5. The first-order chi connectivity index (χ1) is 13.3. The molecular formula is C20H18ClN3O3S. The van der Waals surface area contributed by atoms with Crippen molar-refractivity contribution in [3.63, 3.8) is 0 Å². The predicted molar refractivity (Wildman–Crippen MR) is 113 cm³/mol.